The summed E-state index contributed by atoms with van der Waals surface area (Å²) in [5, 5.41) is 11.3. The molecule has 1 aliphatic carbocycles. The van der Waals surface area contributed by atoms with Crippen molar-refractivity contribution >= 4 is 17.6 Å². The first-order valence-corrected chi connectivity index (χ1v) is 10.4. The number of hydrogen-bond acceptors (Lipinski definition) is 5. The number of benzene rings is 2. The summed E-state index contributed by atoms with van der Waals surface area (Å²) < 4.78 is 10.9. The molecule has 154 valence electrons. The van der Waals surface area contributed by atoms with E-state index in [1.807, 2.05) is 36.4 Å². The summed E-state index contributed by atoms with van der Waals surface area (Å²) in [5.74, 6) is 1.35. The molecule has 6 heteroatoms. The number of esters is 1. The Morgan fingerprint density at radius 2 is 1.90 bits per heavy atom. The molecule has 1 saturated heterocycles. The lowest BCUT2D eigenvalue weighted by molar-refractivity contribution is -0.0231. The molecular formula is C23H26ClNO4. The Kier molecular flexibility index (Phi) is 6.09. The number of ether oxygens (including phenoxy) is 2. The maximum atomic E-state index is 11.8. The number of aliphatic hydroxyl groups excluding tert-OH is 1. The van der Waals surface area contributed by atoms with Gasteiger partial charge in [-0.15, -0.1) is 0 Å². The summed E-state index contributed by atoms with van der Waals surface area (Å²) in [6.07, 6.45) is 0.890. The van der Waals surface area contributed by atoms with Gasteiger partial charge in [0.2, 0.25) is 0 Å². The zero-order chi connectivity index (χ0) is 20.4. The third-order valence-electron chi connectivity index (χ3n) is 6.00. The molecule has 0 unspecified atom stereocenters. The van der Waals surface area contributed by atoms with E-state index in [2.05, 4.69) is 4.90 Å². The van der Waals surface area contributed by atoms with E-state index in [9.17, 15) is 9.90 Å². The lowest BCUT2D eigenvalue weighted by Crippen LogP contribution is -2.42. The van der Waals surface area contributed by atoms with Gasteiger partial charge in [-0.2, -0.15) is 0 Å². The molecule has 4 rings (SSSR count). The number of nitrogens with zero attached hydrogens (tertiary/aromatic N) is 1. The number of rotatable bonds is 5. The third-order valence-corrected chi connectivity index (χ3v) is 6.23. The highest BCUT2D eigenvalue weighted by molar-refractivity contribution is 6.30. The topological polar surface area (TPSA) is 59.0 Å². The summed E-state index contributed by atoms with van der Waals surface area (Å²) in [5.41, 5.74) is 1.67. The standard InChI is InChI=1S/C23H26ClNO4/c1-28-23(27)16-5-2-4-15(8-16)12-25-13-17-9-21(26)22(10-18(17)14-25)29-20-7-3-6-19(24)11-20/h2-8,11,17-18,21-22,26H,9-10,12-14H2,1H3/t17-,18+,21+,22+/m0/s1. The fourth-order valence-corrected chi connectivity index (χ4v) is 4.81. The van der Waals surface area contributed by atoms with Gasteiger partial charge < -0.3 is 14.6 Å². The molecule has 1 N–H and O–H groups in total. The number of methoxy groups -OCH3 is 1. The van der Waals surface area contributed by atoms with Gasteiger partial charge in [-0.1, -0.05) is 29.8 Å². The molecule has 1 aliphatic heterocycles. The normalized spacial score (nSPS) is 26.7. The molecular weight excluding hydrogens is 390 g/mol. The zero-order valence-electron chi connectivity index (χ0n) is 16.5. The number of carbonyl (C=O) groups is 1. The largest absolute Gasteiger partial charge is 0.488 e. The minimum absolute atomic E-state index is 0.211. The van der Waals surface area contributed by atoms with Gasteiger partial charge in [-0.05, 0) is 60.6 Å². The Bertz CT molecular complexity index is 873. The molecule has 0 aromatic heterocycles. The number of carbonyl (C=O) groups excluding carboxylic acids is 1. The number of halogens is 1. The van der Waals surface area contributed by atoms with Crippen molar-refractivity contribution in [1.29, 1.82) is 0 Å². The highest BCUT2D eigenvalue weighted by atomic mass is 35.5. The molecule has 1 saturated carbocycles. The Balaban J connectivity index is 1.38. The molecule has 2 aromatic carbocycles. The molecule has 2 fully saturated rings. The van der Waals surface area contributed by atoms with Crippen LogP contribution in [0.3, 0.4) is 0 Å². The Morgan fingerprint density at radius 3 is 2.66 bits per heavy atom. The molecule has 0 bridgehead atoms. The summed E-state index contributed by atoms with van der Waals surface area (Å²) >= 11 is 6.05. The fraction of sp³-hybridized carbons (Fsp3) is 0.435. The van der Waals surface area contributed by atoms with Crippen LogP contribution in [0.25, 0.3) is 0 Å². The Hall–Kier alpha value is -2.08. The molecule has 0 amide bonds. The van der Waals surface area contributed by atoms with Crippen molar-refractivity contribution in [3.63, 3.8) is 0 Å². The van der Waals surface area contributed by atoms with Crippen LogP contribution in [0.5, 0.6) is 5.75 Å². The summed E-state index contributed by atoms with van der Waals surface area (Å²) in [7, 11) is 1.40. The number of hydrogen-bond donors (Lipinski definition) is 1. The highest BCUT2D eigenvalue weighted by Crippen LogP contribution is 2.38. The van der Waals surface area contributed by atoms with Crippen LogP contribution in [0.2, 0.25) is 5.02 Å². The zero-order valence-corrected chi connectivity index (χ0v) is 17.2. The SMILES string of the molecule is COC(=O)c1cccc(CN2C[C@H]3C[C@@H](Oc4cccc(Cl)c4)[C@H](O)C[C@H]3C2)c1. The van der Waals surface area contributed by atoms with Gasteiger partial charge in [-0.25, -0.2) is 4.79 Å². The first-order chi connectivity index (χ1) is 14.0. The van der Waals surface area contributed by atoms with Crippen LogP contribution >= 0.6 is 11.6 Å². The predicted molar refractivity (Wildman–Crippen MR) is 111 cm³/mol. The van der Waals surface area contributed by atoms with E-state index in [1.54, 1.807) is 12.1 Å². The van der Waals surface area contributed by atoms with Crippen molar-refractivity contribution in [2.45, 2.75) is 31.6 Å². The number of likely N-dealkylation sites (tertiary alicyclic amines) is 1. The number of fused-ring (bicyclic) bond motifs is 1. The van der Waals surface area contributed by atoms with E-state index in [1.165, 1.54) is 7.11 Å². The van der Waals surface area contributed by atoms with Crippen molar-refractivity contribution in [2.24, 2.45) is 11.8 Å². The van der Waals surface area contributed by atoms with Crippen LogP contribution in [-0.4, -0.2) is 48.4 Å². The monoisotopic (exact) mass is 415 g/mol. The van der Waals surface area contributed by atoms with E-state index in [0.29, 0.717) is 28.2 Å². The van der Waals surface area contributed by atoms with Crippen LogP contribution in [0.4, 0.5) is 0 Å². The highest BCUT2D eigenvalue weighted by Gasteiger charge is 2.42. The van der Waals surface area contributed by atoms with Gasteiger partial charge in [-0.3, -0.25) is 4.90 Å². The average Bonchev–Trinajstić information content (AvgIpc) is 3.08. The summed E-state index contributed by atoms with van der Waals surface area (Å²) in [4.78, 5) is 14.2. The van der Waals surface area contributed by atoms with Gasteiger partial charge in [0.1, 0.15) is 11.9 Å². The second kappa shape index (κ2) is 8.74. The molecule has 2 aromatic rings. The van der Waals surface area contributed by atoms with E-state index in [4.69, 9.17) is 21.1 Å². The predicted octanol–water partition coefficient (Wildman–Crippen LogP) is 3.78. The van der Waals surface area contributed by atoms with E-state index < -0.39 is 6.10 Å². The van der Waals surface area contributed by atoms with Crippen LogP contribution in [0.1, 0.15) is 28.8 Å². The first-order valence-electron chi connectivity index (χ1n) is 10.0. The minimum atomic E-state index is -0.474. The van der Waals surface area contributed by atoms with E-state index in [0.717, 1.165) is 38.0 Å². The van der Waals surface area contributed by atoms with Crippen molar-refractivity contribution < 1.29 is 19.4 Å². The molecule has 5 nitrogen and oxygen atoms in total. The molecule has 4 atom stereocenters. The fourth-order valence-electron chi connectivity index (χ4n) is 4.63. The average molecular weight is 416 g/mol. The van der Waals surface area contributed by atoms with E-state index in [-0.39, 0.29) is 12.1 Å². The second-order valence-corrected chi connectivity index (χ2v) is 8.50. The molecule has 0 spiro atoms. The molecule has 29 heavy (non-hydrogen) atoms. The van der Waals surface area contributed by atoms with Crippen molar-refractivity contribution in [3.05, 3.63) is 64.7 Å². The van der Waals surface area contributed by atoms with Crippen molar-refractivity contribution in [2.75, 3.05) is 20.2 Å². The molecule has 2 aliphatic rings. The van der Waals surface area contributed by atoms with Gasteiger partial charge >= 0.3 is 5.97 Å². The lowest BCUT2D eigenvalue weighted by atomic mass is 9.78. The molecule has 0 radical (unpaired) electrons. The van der Waals surface area contributed by atoms with Crippen LogP contribution < -0.4 is 4.74 Å². The quantitative estimate of drug-likeness (QED) is 0.753. The van der Waals surface area contributed by atoms with Gasteiger partial charge in [0.25, 0.3) is 0 Å². The third kappa shape index (κ3) is 4.74. The van der Waals surface area contributed by atoms with Gasteiger partial charge in [0, 0.05) is 24.7 Å². The van der Waals surface area contributed by atoms with Crippen LogP contribution in [-0.2, 0) is 11.3 Å². The summed E-state index contributed by atoms with van der Waals surface area (Å²) in [6.45, 7) is 2.71. The van der Waals surface area contributed by atoms with Crippen molar-refractivity contribution in [1.82, 2.24) is 4.90 Å². The van der Waals surface area contributed by atoms with Gasteiger partial charge in [0.05, 0.1) is 18.8 Å². The Morgan fingerprint density at radius 1 is 1.14 bits per heavy atom. The maximum absolute atomic E-state index is 11.8. The van der Waals surface area contributed by atoms with Gasteiger partial charge in [0.15, 0.2) is 0 Å². The summed E-state index contributed by atoms with van der Waals surface area (Å²) in [6, 6.07) is 14.9. The maximum Gasteiger partial charge on any atom is 0.337 e. The number of aliphatic hydroxyl groups is 1. The Labute approximate surface area is 176 Å². The second-order valence-electron chi connectivity index (χ2n) is 8.06. The van der Waals surface area contributed by atoms with Crippen molar-refractivity contribution in [3.8, 4) is 5.75 Å². The molecule has 1 heterocycles. The lowest BCUT2D eigenvalue weighted by Gasteiger charge is -2.35. The first kappa shape index (κ1) is 20.2. The van der Waals surface area contributed by atoms with Crippen LogP contribution in [0, 0.1) is 11.8 Å². The smallest absolute Gasteiger partial charge is 0.337 e. The van der Waals surface area contributed by atoms with Crippen LogP contribution in [0.15, 0.2) is 48.5 Å². The van der Waals surface area contributed by atoms with E-state index >= 15 is 0 Å². The minimum Gasteiger partial charge on any atom is -0.488 e.